The molecule has 0 saturated carbocycles. The van der Waals surface area contributed by atoms with E-state index in [1.54, 1.807) is 11.8 Å². The average Bonchev–Trinajstić information content (AvgIpc) is 3.35. The van der Waals surface area contributed by atoms with Crippen LogP contribution in [0.15, 0.2) is 58.3 Å². The molecule has 1 N–H and O–H groups in total. The lowest BCUT2D eigenvalue weighted by Gasteiger charge is -2.03. The number of aromatic amines is 1. The van der Waals surface area contributed by atoms with Gasteiger partial charge in [-0.3, -0.25) is 14.9 Å². The summed E-state index contributed by atoms with van der Waals surface area (Å²) in [6, 6.07) is 15.9. The normalized spacial score (nSPS) is 11.9. The molecule has 0 aliphatic carbocycles. The summed E-state index contributed by atoms with van der Waals surface area (Å²) in [5.74, 6) is 0.843. The summed E-state index contributed by atoms with van der Waals surface area (Å²) in [6.07, 6.45) is 2.53. The van der Waals surface area contributed by atoms with Crippen molar-refractivity contribution in [2.24, 2.45) is 4.99 Å². The first-order chi connectivity index (χ1) is 15.1. The van der Waals surface area contributed by atoms with Crippen molar-refractivity contribution in [1.29, 1.82) is 0 Å². The lowest BCUT2D eigenvalue weighted by molar-refractivity contribution is 0.414. The third-order valence-corrected chi connectivity index (χ3v) is 6.23. The number of hydrogen-bond acceptors (Lipinski definition) is 5. The van der Waals surface area contributed by atoms with Gasteiger partial charge in [0.15, 0.2) is 0 Å². The number of thiazole rings is 1. The second kappa shape index (κ2) is 9.31. The van der Waals surface area contributed by atoms with Crippen LogP contribution < -0.4 is 10.3 Å². The molecule has 7 heteroatoms. The molecule has 0 aliphatic heterocycles. The van der Waals surface area contributed by atoms with Crippen LogP contribution in [0.25, 0.3) is 15.3 Å². The quantitative estimate of drug-likeness (QED) is 0.405. The van der Waals surface area contributed by atoms with Gasteiger partial charge in [0, 0.05) is 18.0 Å². The van der Waals surface area contributed by atoms with Crippen molar-refractivity contribution in [1.82, 2.24) is 14.8 Å². The molecule has 0 saturated heterocycles. The largest absolute Gasteiger partial charge is 0.497 e. The fourth-order valence-corrected chi connectivity index (χ4v) is 4.53. The third-order valence-electron chi connectivity index (χ3n) is 5.21. The van der Waals surface area contributed by atoms with Crippen LogP contribution in [0.3, 0.4) is 0 Å². The number of aliphatic imine (C=N–C) groups is 1. The van der Waals surface area contributed by atoms with Crippen LogP contribution in [0.5, 0.6) is 5.75 Å². The maximum atomic E-state index is 13.3. The monoisotopic (exact) mass is 434 g/mol. The van der Waals surface area contributed by atoms with E-state index in [1.165, 1.54) is 16.9 Å². The van der Waals surface area contributed by atoms with Crippen LogP contribution in [0, 0.1) is 0 Å². The SMILES string of the molecule is CCCc1[nH]n(-c2nc3ccccc3s2)c(=O)c1C(C)=NCCc1ccc(OC)cc1. The van der Waals surface area contributed by atoms with Gasteiger partial charge in [0.25, 0.3) is 5.56 Å². The Kier molecular flexibility index (Phi) is 6.32. The van der Waals surface area contributed by atoms with Crippen molar-refractivity contribution in [2.45, 2.75) is 33.1 Å². The van der Waals surface area contributed by atoms with Crippen LogP contribution in [-0.2, 0) is 12.8 Å². The number of ether oxygens (including phenoxy) is 1. The number of nitrogens with zero attached hydrogens (tertiary/aromatic N) is 3. The van der Waals surface area contributed by atoms with E-state index in [0.717, 1.165) is 46.6 Å². The van der Waals surface area contributed by atoms with Gasteiger partial charge < -0.3 is 4.74 Å². The van der Waals surface area contributed by atoms with Gasteiger partial charge >= 0.3 is 0 Å². The molecule has 0 bridgehead atoms. The number of rotatable bonds is 8. The lowest BCUT2D eigenvalue weighted by Crippen LogP contribution is -2.20. The molecule has 2 aromatic heterocycles. The molecule has 0 amide bonds. The van der Waals surface area contributed by atoms with Crippen molar-refractivity contribution < 1.29 is 4.74 Å². The molecule has 160 valence electrons. The maximum absolute atomic E-state index is 13.3. The molecule has 31 heavy (non-hydrogen) atoms. The minimum atomic E-state index is -0.0896. The summed E-state index contributed by atoms with van der Waals surface area (Å²) in [5.41, 5.74) is 4.33. The lowest BCUT2D eigenvalue weighted by atomic mass is 10.1. The van der Waals surface area contributed by atoms with Crippen molar-refractivity contribution in [3.8, 4) is 10.9 Å². The highest BCUT2D eigenvalue weighted by atomic mass is 32.1. The topological polar surface area (TPSA) is 72.3 Å². The molecule has 4 rings (SSSR count). The Bertz CT molecular complexity index is 1230. The molecule has 0 radical (unpaired) electrons. The maximum Gasteiger partial charge on any atom is 0.282 e. The molecule has 2 aromatic carbocycles. The van der Waals surface area contributed by atoms with Gasteiger partial charge in [-0.25, -0.2) is 4.98 Å². The van der Waals surface area contributed by atoms with E-state index in [0.29, 0.717) is 17.2 Å². The summed E-state index contributed by atoms with van der Waals surface area (Å²) >= 11 is 1.50. The van der Waals surface area contributed by atoms with E-state index in [4.69, 9.17) is 9.73 Å². The second-order valence-electron chi connectivity index (χ2n) is 7.39. The predicted octanol–water partition coefficient (Wildman–Crippen LogP) is 4.79. The van der Waals surface area contributed by atoms with Crippen molar-refractivity contribution in [3.05, 3.63) is 75.7 Å². The fraction of sp³-hybridized carbons (Fsp3) is 0.292. The highest BCUT2D eigenvalue weighted by molar-refractivity contribution is 7.20. The van der Waals surface area contributed by atoms with E-state index >= 15 is 0 Å². The number of hydrogen-bond donors (Lipinski definition) is 1. The molecule has 4 aromatic rings. The second-order valence-corrected chi connectivity index (χ2v) is 8.39. The number of nitrogens with one attached hydrogen (secondary N) is 1. The Labute approximate surface area is 185 Å². The number of aromatic nitrogens is 3. The standard InChI is InChI=1S/C24H26N4O2S/c1-4-7-20-22(16(2)25-15-14-17-10-12-18(30-3)13-11-17)23(29)28(27-20)24-26-19-8-5-6-9-21(19)31-24/h5-6,8-13,27H,4,7,14-15H2,1-3H3. The van der Waals surface area contributed by atoms with Crippen LogP contribution in [-0.4, -0.2) is 34.1 Å². The first kappa shape index (κ1) is 21.1. The molecule has 0 unspecified atom stereocenters. The van der Waals surface area contributed by atoms with E-state index in [9.17, 15) is 4.79 Å². The number of para-hydroxylation sites is 1. The molecular weight excluding hydrogens is 408 g/mol. The first-order valence-corrected chi connectivity index (χ1v) is 11.3. The van der Waals surface area contributed by atoms with Crippen LogP contribution in [0.1, 0.15) is 37.1 Å². The zero-order valence-corrected chi connectivity index (χ0v) is 18.8. The van der Waals surface area contributed by atoms with Gasteiger partial charge in [0.05, 0.1) is 22.9 Å². The summed E-state index contributed by atoms with van der Waals surface area (Å²) in [4.78, 5) is 22.6. The Morgan fingerprint density at radius 1 is 1.16 bits per heavy atom. The summed E-state index contributed by atoms with van der Waals surface area (Å²) < 4.78 is 7.83. The number of benzene rings is 2. The minimum Gasteiger partial charge on any atom is -0.497 e. The van der Waals surface area contributed by atoms with Crippen LogP contribution in [0.2, 0.25) is 0 Å². The van der Waals surface area contributed by atoms with Gasteiger partial charge in [-0.15, -0.1) is 0 Å². The molecule has 0 spiro atoms. The van der Waals surface area contributed by atoms with Gasteiger partial charge in [-0.2, -0.15) is 4.68 Å². The molecule has 0 fully saturated rings. The van der Waals surface area contributed by atoms with E-state index in [-0.39, 0.29) is 5.56 Å². The predicted molar refractivity (Wildman–Crippen MR) is 127 cm³/mol. The van der Waals surface area contributed by atoms with Gasteiger partial charge in [0.2, 0.25) is 5.13 Å². The Morgan fingerprint density at radius 2 is 1.94 bits per heavy atom. The molecule has 2 heterocycles. The average molecular weight is 435 g/mol. The van der Waals surface area contributed by atoms with Crippen LogP contribution >= 0.6 is 11.3 Å². The number of aryl methyl sites for hydroxylation is 1. The molecule has 0 atom stereocenters. The minimum absolute atomic E-state index is 0.0896. The Hall–Kier alpha value is -3.19. The fourth-order valence-electron chi connectivity index (χ4n) is 3.60. The molecular formula is C24H26N4O2S. The van der Waals surface area contributed by atoms with Crippen molar-refractivity contribution in [2.75, 3.05) is 13.7 Å². The number of fused-ring (bicyclic) bond motifs is 1. The Morgan fingerprint density at radius 3 is 2.65 bits per heavy atom. The zero-order valence-electron chi connectivity index (χ0n) is 18.0. The van der Waals surface area contributed by atoms with Gasteiger partial charge in [-0.05, 0) is 49.6 Å². The van der Waals surface area contributed by atoms with Gasteiger partial charge in [-0.1, -0.05) is 48.9 Å². The van der Waals surface area contributed by atoms with Crippen molar-refractivity contribution >= 4 is 27.3 Å². The zero-order chi connectivity index (χ0) is 21.8. The summed E-state index contributed by atoms with van der Waals surface area (Å²) in [6.45, 7) is 4.64. The smallest absolute Gasteiger partial charge is 0.282 e. The number of methoxy groups -OCH3 is 1. The summed E-state index contributed by atoms with van der Waals surface area (Å²) in [5, 5.41) is 3.94. The molecule has 0 aliphatic rings. The molecule has 6 nitrogen and oxygen atoms in total. The van der Waals surface area contributed by atoms with Gasteiger partial charge in [0.1, 0.15) is 5.75 Å². The highest BCUT2D eigenvalue weighted by Gasteiger charge is 2.19. The van der Waals surface area contributed by atoms with Crippen molar-refractivity contribution in [3.63, 3.8) is 0 Å². The van der Waals surface area contributed by atoms with E-state index < -0.39 is 0 Å². The van der Waals surface area contributed by atoms with E-state index in [1.807, 2.05) is 55.5 Å². The number of H-pyrrole nitrogens is 1. The highest BCUT2D eigenvalue weighted by Crippen LogP contribution is 2.24. The summed E-state index contributed by atoms with van der Waals surface area (Å²) in [7, 11) is 1.66. The first-order valence-electron chi connectivity index (χ1n) is 10.4. The third kappa shape index (κ3) is 4.46. The Balaban J connectivity index is 1.61. The van der Waals surface area contributed by atoms with E-state index in [2.05, 4.69) is 17.0 Å². The van der Waals surface area contributed by atoms with Crippen LogP contribution in [0.4, 0.5) is 0 Å².